The molecule has 0 atom stereocenters. The Bertz CT molecular complexity index is 964. The number of benzene rings is 2. The molecule has 0 saturated carbocycles. The first kappa shape index (κ1) is 19.2. The van der Waals surface area contributed by atoms with Gasteiger partial charge in [0.05, 0.1) is 16.6 Å². The van der Waals surface area contributed by atoms with Crippen LogP contribution in [0, 0.1) is 13.8 Å². The quantitative estimate of drug-likeness (QED) is 0.742. The Hall–Kier alpha value is -3.13. The van der Waals surface area contributed by atoms with E-state index in [1.165, 1.54) is 24.3 Å². The number of hydrogen-bond acceptors (Lipinski definition) is 5. The second-order valence-electron chi connectivity index (χ2n) is 5.59. The van der Waals surface area contributed by atoms with Crippen molar-refractivity contribution in [3.05, 3.63) is 65.7 Å². The molecule has 0 spiro atoms. The van der Waals surface area contributed by atoms with Crippen LogP contribution in [0.4, 0.5) is 11.4 Å². The minimum atomic E-state index is -3.78. The summed E-state index contributed by atoms with van der Waals surface area (Å²) in [5, 5.41) is 12.7. The lowest BCUT2D eigenvalue weighted by Gasteiger charge is -2.11. The molecule has 0 heterocycles. The number of sulfonamides is 1. The fourth-order valence-corrected chi connectivity index (χ4v) is 3.31. The topological polar surface area (TPSA) is 115 Å². The van der Waals surface area contributed by atoms with Crippen molar-refractivity contribution in [1.82, 2.24) is 0 Å². The largest absolute Gasteiger partial charge is 0.545 e. The fourth-order valence-electron chi connectivity index (χ4n) is 2.18. The van der Waals surface area contributed by atoms with E-state index in [-0.39, 0.29) is 4.90 Å². The number of carboxylic acids is 1. The summed E-state index contributed by atoms with van der Waals surface area (Å²) < 4.78 is 27.5. The van der Waals surface area contributed by atoms with E-state index < -0.39 is 21.9 Å². The molecule has 2 rings (SSSR count). The third kappa shape index (κ3) is 5.18. The van der Waals surface area contributed by atoms with Crippen LogP contribution < -0.4 is 15.1 Å². The van der Waals surface area contributed by atoms with Gasteiger partial charge in [-0.15, -0.1) is 0 Å². The summed E-state index contributed by atoms with van der Waals surface area (Å²) in [6, 6.07) is 10.9. The predicted molar refractivity (Wildman–Crippen MR) is 95.9 cm³/mol. The Morgan fingerprint density at radius 1 is 1.00 bits per heavy atom. The molecule has 0 saturated heterocycles. The zero-order chi connectivity index (χ0) is 19.3. The minimum absolute atomic E-state index is 0.0285. The predicted octanol–water partition coefficient (Wildman–Crippen LogP) is 1.35. The van der Waals surface area contributed by atoms with E-state index in [4.69, 9.17) is 0 Å². The lowest BCUT2D eigenvalue weighted by molar-refractivity contribution is -0.297. The van der Waals surface area contributed by atoms with Crippen molar-refractivity contribution in [1.29, 1.82) is 0 Å². The van der Waals surface area contributed by atoms with Gasteiger partial charge in [-0.25, -0.2) is 8.42 Å². The minimum Gasteiger partial charge on any atom is -0.545 e. The summed E-state index contributed by atoms with van der Waals surface area (Å²) in [5.74, 6) is -2.16. The molecule has 0 unspecified atom stereocenters. The van der Waals surface area contributed by atoms with E-state index in [1.54, 1.807) is 6.07 Å². The zero-order valence-corrected chi connectivity index (χ0v) is 15.0. The lowest BCUT2D eigenvalue weighted by atomic mass is 10.1. The van der Waals surface area contributed by atoms with Gasteiger partial charge >= 0.3 is 0 Å². The maximum Gasteiger partial charge on any atom is 0.261 e. The Balaban J connectivity index is 2.13. The van der Waals surface area contributed by atoms with E-state index in [0.29, 0.717) is 17.5 Å². The first-order chi connectivity index (χ1) is 12.2. The van der Waals surface area contributed by atoms with Crippen LogP contribution in [0.5, 0.6) is 0 Å². The Labute approximate surface area is 151 Å². The zero-order valence-electron chi connectivity index (χ0n) is 14.1. The molecule has 0 aliphatic carbocycles. The van der Waals surface area contributed by atoms with Crippen LogP contribution in [0.1, 0.15) is 11.1 Å². The van der Waals surface area contributed by atoms with Crippen LogP contribution in [0.25, 0.3) is 0 Å². The number of aryl methyl sites for hydroxylation is 2. The summed E-state index contributed by atoms with van der Waals surface area (Å²) in [7, 11) is -3.78. The van der Waals surface area contributed by atoms with Crippen LogP contribution in [0.2, 0.25) is 0 Å². The van der Waals surface area contributed by atoms with Crippen molar-refractivity contribution in [2.75, 3.05) is 10.0 Å². The van der Waals surface area contributed by atoms with Crippen molar-refractivity contribution in [2.24, 2.45) is 0 Å². The molecule has 8 heteroatoms. The lowest BCUT2D eigenvalue weighted by Crippen LogP contribution is -2.20. The summed E-state index contributed by atoms with van der Waals surface area (Å²) in [6.07, 6.45) is 1.41. The standard InChI is InChI=1S/C18H18N2O5S/c1-12-3-8-16(13(2)11-12)20-26(24,25)15-6-4-14(5-7-15)19-17(21)9-10-18(22)23/h3-11,20H,1-2H3,(H,19,21)(H,22,23)/p-1/b10-9+. The Kier molecular flexibility index (Phi) is 5.78. The number of hydrogen-bond donors (Lipinski definition) is 2. The molecule has 0 aliphatic rings. The average molecular weight is 373 g/mol. The third-order valence-electron chi connectivity index (χ3n) is 3.43. The van der Waals surface area contributed by atoms with Gasteiger partial charge in [-0.3, -0.25) is 9.52 Å². The van der Waals surface area contributed by atoms with E-state index in [1.807, 2.05) is 26.0 Å². The molecule has 0 fully saturated rings. The van der Waals surface area contributed by atoms with Crippen molar-refractivity contribution < 1.29 is 23.1 Å². The summed E-state index contributed by atoms with van der Waals surface area (Å²) in [5.41, 5.74) is 2.64. The highest BCUT2D eigenvalue weighted by molar-refractivity contribution is 7.92. The number of aliphatic carboxylic acids is 1. The van der Waals surface area contributed by atoms with Crippen LogP contribution in [-0.4, -0.2) is 20.3 Å². The highest BCUT2D eigenvalue weighted by atomic mass is 32.2. The Morgan fingerprint density at radius 2 is 1.65 bits per heavy atom. The van der Waals surface area contributed by atoms with Crippen LogP contribution >= 0.6 is 0 Å². The first-order valence-corrected chi connectivity index (χ1v) is 9.06. The van der Waals surface area contributed by atoms with Gasteiger partial charge in [0, 0.05) is 11.8 Å². The number of amides is 1. The first-order valence-electron chi connectivity index (χ1n) is 7.57. The maximum absolute atomic E-state index is 12.5. The molecule has 2 aromatic carbocycles. The van der Waals surface area contributed by atoms with Crippen molar-refractivity contribution in [3.63, 3.8) is 0 Å². The second-order valence-corrected chi connectivity index (χ2v) is 7.27. The molecule has 136 valence electrons. The van der Waals surface area contributed by atoms with Gasteiger partial charge in [0.25, 0.3) is 10.0 Å². The number of nitrogens with one attached hydrogen (secondary N) is 2. The van der Waals surface area contributed by atoms with Crippen molar-refractivity contribution in [3.8, 4) is 0 Å². The molecule has 26 heavy (non-hydrogen) atoms. The van der Waals surface area contributed by atoms with E-state index in [2.05, 4.69) is 10.0 Å². The second kappa shape index (κ2) is 7.83. The molecule has 0 aliphatic heterocycles. The number of carbonyl (C=O) groups excluding carboxylic acids is 2. The van der Waals surface area contributed by atoms with Gasteiger partial charge in [-0.05, 0) is 55.8 Å². The average Bonchev–Trinajstić information content (AvgIpc) is 2.56. The SMILES string of the molecule is Cc1ccc(NS(=O)(=O)c2ccc(NC(=O)/C=C/C(=O)[O-])cc2)c(C)c1. The molecule has 2 aromatic rings. The molecular weight excluding hydrogens is 356 g/mol. The highest BCUT2D eigenvalue weighted by Crippen LogP contribution is 2.21. The van der Waals surface area contributed by atoms with Crippen LogP contribution in [0.3, 0.4) is 0 Å². The van der Waals surface area contributed by atoms with Gasteiger partial charge in [0.15, 0.2) is 0 Å². The van der Waals surface area contributed by atoms with Crippen molar-refractivity contribution in [2.45, 2.75) is 18.7 Å². The monoisotopic (exact) mass is 373 g/mol. The molecule has 7 nitrogen and oxygen atoms in total. The Morgan fingerprint density at radius 3 is 2.23 bits per heavy atom. The fraction of sp³-hybridized carbons (Fsp3) is 0.111. The number of anilines is 2. The maximum atomic E-state index is 12.5. The van der Waals surface area contributed by atoms with Gasteiger partial charge < -0.3 is 15.2 Å². The molecule has 0 aromatic heterocycles. The van der Waals surface area contributed by atoms with Gasteiger partial charge in [-0.1, -0.05) is 17.7 Å². The summed E-state index contributed by atoms with van der Waals surface area (Å²) in [4.78, 5) is 21.8. The summed E-state index contributed by atoms with van der Waals surface area (Å²) >= 11 is 0. The van der Waals surface area contributed by atoms with Crippen LogP contribution in [-0.2, 0) is 19.6 Å². The third-order valence-corrected chi connectivity index (χ3v) is 4.81. The molecule has 1 amide bonds. The van der Waals surface area contributed by atoms with Crippen molar-refractivity contribution >= 4 is 33.3 Å². The summed E-state index contributed by atoms with van der Waals surface area (Å²) in [6.45, 7) is 3.73. The number of rotatable bonds is 6. The number of carbonyl (C=O) groups is 2. The normalized spacial score (nSPS) is 11.3. The molecule has 0 bridgehead atoms. The van der Waals surface area contributed by atoms with E-state index in [0.717, 1.165) is 17.2 Å². The molecular formula is C18H17N2O5S-. The van der Waals surface area contributed by atoms with Gasteiger partial charge in [0.1, 0.15) is 0 Å². The smallest absolute Gasteiger partial charge is 0.261 e. The van der Waals surface area contributed by atoms with E-state index in [9.17, 15) is 23.1 Å². The van der Waals surface area contributed by atoms with Gasteiger partial charge in [-0.2, -0.15) is 0 Å². The molecule has 0 radical (unpaired) electrons. The molecule has 2 N–H and O–H groups in total. The highest BCUT2D eigenvalue weighted by Gasteiger charge is 2.15. The van der Waals surface area contributed by atoms with Crippen LogP contribution in [0.15, 0.2) is 59.5 Å². The van der Waals surface area contributed by atoms with Gasteiger partial charge in [0.2, 0.25) is 5.91 Å². The number of carboxylic acid groups (broad SMARTS) is 1. The van der Waals surface area contributed by atoms with E-state index >= 15 is 0 Å².